The van der Waals surface area contributed by atoms with Gasteiger partial charge in [-0.1, -0.05) is 22.0 Å². The lowest BCUT2D eigenvalue weighted by molar-refractivity contribution is -0.120. The summed E-state index contributed by atoms with van der Waals surface area (Å²) in [6, 6.07) is 5.88. The maximum Gasteiger partial charge on any atom is 0.264 e. The van der Waals surface area contributed by atoms with Crippen molar-refractivity contribution in [3.63, 3.8) is 0 Å². The van der Waals surface area contributed by atoms with Gasteiger partial charge in [-0.15, -0.1) is 0 Å². The third-order valence-corrected chi connectivity index (χ3v) is 2.93. The van der Waals surface area contributed by atoms with E-state index in [0.717, 1.165) is 29.0 Å². The van der Waals surface area contributed by atoms with Crippen LogP contribution < -0.4 is 15.0 Å². The topological polar surface area (TPSA) is 41.6 Å². The largest absolute Gasteiger partial charge is 0.482 e. The Bertz CT molecular complexity index is 409. The highest BCUT2D eigenvalue weighted by atomic mass is 79.9. The Kier molecular flexibility index (Phi) is 3.46. The molecule has 0 fully saturated rings. The van der Waals surface area contributed by atoms with E-state index < -0.39 is 0 Å². The molecule has 86 valence electrons. The number of hydrogen-bond acceptors (Lipinski definition) is 3. The van der Waals surface area contributed by atoms with Gasteiger partial charge in [-0.25, -0.2) is 0 Å². The Balaban J connectivity index is 2.25. The van der Waals surface area contributed by atoms with E-state index in [4.69, 9.17) is 4.74 Å². The first kappa shape index (κ1) is 11.4. The van der Waals surface area contributed by atoms with Gasteiger partial charge in [0, 0.05) is 13.6 Å². The summed E-state index contributed by atoms with van der Waals surface area (Å²) in [5.74, 6) is 0.753. The third-order valence-electron chi connectivity index (χ3n) is 2.53. The summed E-state index contributed by atoms with van der Waals surface area (Å²) in [4.78, 5) is 13.1. The Morgan fingerprint density at radius 1 is 1.56 bits per heavy atom. The third kappa shape index (κ3) is 2.20. The van der Waals surface area contributed by atoms with Gasteiger partial charge in [0.15, 0.2) is 6.61 Å². The second kappa shape index (κ2) is 4.84. The molecule has 5 heteroatoms. The van der Waals surface area contributed by atoms with Gasteiger partial charge in [-0.3, -0.25) is 4.79 Å². The molecular formula is C11H13BrN2O2. The van der Waals surface area contributed by atoms with Crippen molar-refractivity contribution in [3.8, 4) is 5.75 Å². The zero-order valence-corrected chi connectivity index (χ0v) is 10.6. The molecule has 1 amide bonds. The number of hydrogen-bond donors (Lipinski definition) is 1. The number of halogens is 1. The monoisotopic (exact) mass is 284 g/mol. The van der Waals surface area contributed by atoms with Crippen molar-refractivity contribution in [2.75, 3.05) is 24.0 Å². The molecule has 0 unspecified atom stereocenters. The van der Waals surface area contributed by atoms with Crippen LogP contribution in [-0.2, 0) is 11.3 Å². The zero-order valence-electron chi connectivity index (χ0n) is 9.00. The quantitative estimate of drug-likeness (QED) is 0.675. The molecule has 0 aromatic heterocycles. The van der Waals surface area contributed by atoms with Gasteiger partial charge >= 0.3 is 0 Å². The second-order valence-corrected chi connectivity index (χ2v) is 4.16. The molecule has 0 saturated carbocycles. The van der Waals surface area contributed by atoms with Crippen molar-refractivity contribution < 1.29 is 9.53 Å². The lowest BCUT2D eigenvalue weighted by atomic mass is 10.1. The smallest absolute Gasteiger partial charge is 0.264 e. The lowest BCUT2D eigenvalue weighted by Gasteiger charge is -2.26. The number of anilines is 1. The number of alkyl halides is 1. The molecule has 2 rings (SSSR count). The molecule has 1 aromatic rings. The van der Waals surface area contributed by atoms with Crippen LogP contribution in [0.15, 0.2) is 18.2 Å². The van der Waals surface area contributed by atoms with Crippen molar-refractivity contribution in [1.82, 2.24) is 5.32 Å². The first-order valence-electron chi connectivity index (χ1n) is 5.01. The number of likely N-dealkylation sites (N-methyl/N-ethyl adjacent to an activating group) is 1. The Labute approximate surface area is 103 Å². The van der Waals surface area contributed by atoms with Gasteiger partial charge < -0.3 is 15.0 Å². The van der Waals surface area contributed by atoms with Crippen LogP contribution in [0, 0.1) is 0 Å². The molecule has 0 radical (unpaired) electrons. The fraction of sp³-hybridized carbons (Fsp3) is 0.364. The first-order chi connectivity index (χ1) is 7.72. The van der Waals surface area contributed by atoms with Gasteiger partial charge in [-0.2, -0.15) is 0 Å². The molecule has 1 aliphatic heterocycles. The first-order valence-corrected chi connectivity index (χ1v) is 6.13. The van der Waals surface area contributed by atoms with E-state index in [1.807, 2.05) is 18.2 Å². The predicted molar refractivity (Wildman–Crippen MR) is 66.0 cm³/mol. The van der Waals surface area contributed by atoms with Crippen LogP contribution >= 0.6 is 15.9 Å². The maximum atomic E-state index is 11.5. The molecule has 1 aliphatic rings. The number of carbonyl (C=O) groups excluding carboxylic acids is 1. The summed E-state index contributed by atoms with van der Waals surface area (Å²) < 4.78 is 5.34. The highest BCUT2D eigenvalue weighted by molar-refractivity contribution is 9.09. The number of ether oxygens (including phenoxy) is 1. The zero-order chi connectivity index (χ0) is 11.5. The maximum absolute atomic E-state index is 11.5. The average Bonchev–Trinajstić information content (AvgIpc) is 2.31. The minimum Gasteiger partial charge on any atom is -0.482 e. The molecule has 4 nitrogen and oxygen atoms in total. The molecule has 0 bridgehead atoms. The summed E-state index contributed by atoms with van der Waals surface area (Å²) in [5.41, 5.74) is 2.71. The number of benzene rings is 1. The molecule has 0 atom stereocenters. The fourth-order valence-electron chi connectivity index (χ4n) is 1.62. The second-order valence-electron chi connectivity index (χ2n) is 3.60. The van der Waals surface area contributed by atoms with E-state index in [1.165, 1.54) is 0 Å². The lowest BCUT2D eigenvalue weighted by Crippen LogP contribution is -2.35. The molecular weight excluding hydrogens is 272 g/mol. The standard InChI is InChI=1S/C11H13BrN2O2/c1-14-9-4-8(5-13-7-12)2-3-10(9)16-6-11(14)15/h2-4,13H,5-7H2,1H3. The SMILES string of the molecule is CN1C(=O)COc2ccc(CNCBr)cc21. The van der Waals surface area contributed by atoms with E-state index in [0.29, 0.717) is 0 Å². The normalized spacial score (nSPS) is 14.6. The van der Waals surface area contributed by atoms with Crippen LogP contribution in [0.5, 0.6) is 5.75 Å². The van der Waals surface area contributed by atoms with Crippen LogP contribution in [0.25, 0.3) is 0 Å². The summed E-state index contributed by atoms with van der Waals surface area (Å²) in [6.45, 7) is 0.892. The van der Waals surface area contributed by atoms with Crippen LogP contribution in [-0.4, -0.2) is 25.0 Å². The minimum atomic E-state index is -0.0156. The molecule has 1 heterocycles. The van der Waals surface area contributed by atoms with E-state index in [2.05, 4.69) is 21.2 Å². The van der Waals surface area contributed by atoms with Crippen molar-refractivity contribution in [2.45, 2.75) is 6.54 Å². The number of amides is 1. The van der Waals surface area contributed by atoms with Gasteiger partial charge in [0.1, 0.15) is 5.75 Å². The van der Waals surface area contributed by atoms with Crippen molar-refractivity contribution in [2.24, 2.45) is 0 Å². The van der Waals surface area contributed by atoms with Gasteiger partial charge in [0.25, 0.3) is 5.91 Å². The van der Waals surface area contributed by atoms with Crippen LogP contribution in [0.2, 0.25) is 0 Å². The number of rotatable bonds is 3. The van der Waals surface area contributed by atoms with Crippen LogP contribution in [0.3, 0.4) is 0 Å². The molecule has 16 heavy (non-hydrogen) atoms. The Morgan fingerprint density at radius 3 is 3.12 bits per heavy atom. The molecule has 0 aliphatic carbocycles. The Hall–Kier alpha value is -1.07. The molecule has 0 saturated heterocycles. The van der Waals surface area contributed by atoms with Crippen molar-refractivity contribution in [3.05, 3.63) is 23.8 Å². The van der Waals surface area contributed by atoms with Crippen LogP contribution in [0.4, 0.5) is 5.69 Å². The number of carbonyl (C=O) groups is 1. The van der Waals surface area contributed by atoms with E-state index in [9.17, 15) is 4.79 Å². The van der Waals surface area contributed by atoms with Crippen molar-refractivity contribution in [1.29, 1.82) is 0 Å². The highest BCUT2D eigenvalue weighted by Gasteiger charge is 2.21. The average molecular weight is 285 g/mol. The summed E-state index contributed by atoms with van der Waals surface area (Å²) in [6.07, 6.45) is 0. The van der Waals surface area contributed by atoms with Crippen molar-refractivity contribution >= 4 is 27.5 Å². The number of fused-ring (bicyclic) bond motifs is 1. The van der Waals surface area contributed by atoms with Gasteiger partial charge in [-0.05, 0) is 17.7 Å². The highest BCUT2D eigenvalue weighted by Crippen LogP contribution is 2.31. The van der Waals surface area contributed by atoms with E-state index >= 15 is 0 Å². The van der Waals surface area contributed by atoms with E-state index in [-0.39, 0.29) is 12.5 Å². The van der Waals surface area contributed by atoms with Crippen LogP contribution in [0.1, 0.15) is 5.56 Å². The fourth-order valence-corrected chi connectivity index (χ4v) is 1.82. The predicted octanol–water partition coefficient (Wildman–Crippen LogP) is 1.48. The van der Waals surface area contributed by atoms with E-state index in [1.54, 1.807) is 11.9 Å². The van der Waals surface area contributed by atoms with Gasteiger partial charge in [0.2, 0.25) is 0 Å². The molecule has 1 N–H and O–H groups in total. The molecule has 0 spiro atoms. The Morgan fingerprint density at radius 2 is 2.38 bits per heavy atom. The minimum absolute atomic E-state index is 0.0156. The summed E-state index contributed by atoms with van der Waals surface area (Å²) >= 11 is 3.30. The number of nitrogens with one attached hydrogen (secondary N) is 1. The summed E-state index contributed by atoms with van der Waals surface area (Å²) in [7, 11) is 1.77. The number of nitrogens with zero attached hydrogens (tertiary/aromatic N) is 1. The van der Waals surface area contributed by atoms with Gasteiger partial charge in [0.05, 0.1) is 11.1 Å². The molecule has 1 aromatic carbocycles. The summed E-state index contributed by atoms with van der Waals surface area (Å²) in [5, 5.41) is 3.17.